The second kappa shape index (κ2) is 4.14. The molecule has 16 heavy (non-hydrogen) atoms. The predicted octanol–water partition coefficient (Wildman–Crippen LogP) is 1.61. The molecule has 1 aliphatic rings. The quantitative estimate of drug-likeness (QED) is 0.574. The summed E-state index contributed by atoms with van der Waals surface area (Å²) in [6.07, 6.45) is 0.127. The summed E-state index contributed by atoms with van der Waals surface area (Å²) in [4.78, 5) is 13.4. The van der Waals surface area contributed by atoms with E-state index in [2.05, 4.69) is 0 Å². The third-order valence-corrected chi connectivity index (χ3v) is 2.61. The molecule has 1 aliphatic heterocycles. The Bertz CT molecular complexity index is 411. The van der Waals surface area contributed by atoms with Gasteiger partial charge in [0, 0.05) is 25.3 Å². The third-order valence-electron chi connectivity index (χ3n) is 2.61. The first-order valence-corrected chi connectivity index (χ1v) is 5.14. The molecule has 1 saturated heterocycles. The van der Waals surface area contributed by atoms with Gasteiger partial charge in [-0.15, -0.1) is 0 Å². The highest BCUT2D eigenvalue weighted by Gasteiger charge is 2.28. The van der Waals surface area contributed by atoms with Crippen molar-refractivity contribution in [2.75, 3.05) is 32.7 Å². The highest BCUT2D eigenvalue weighted by atomic mass is 16.6. The number of esters is 1. The minimum atomic E-state index is -0.313. The fraction of sp³-hybridized carbons (Fsp3) is 0.417. The number of benzene rings is 1. The average Bonchev–Trinajstić information content (AvgIpc) is 3.10. The first-order valence-electron chi connectivity index (χ1n) is 5.14. The maximum Gasteiger partial charge on any atom is 0.337 e. The Hall–Kier alpha value is -1.55. The summed E-state index contributed by atoms with van der Waals surface area (Å²) in [5.41, 5.74) is 2.70. The molecule has 4 heteroatoms. The molecule has 4 nitrogen and oxygen atoms in total. The van der Waals surface area contributed by atoms with Crippen molar-refractivity contribution in [2.24, 2.45) is 0 Å². The van der Waals surface area contributed by atoms with Gasteiger partial charge >= 0.3 is 5.97 Å². The highest BCUT2D eigenvalue weighted by Crippen LogP contribution is 2.36. The van der Waals surface area contributed by atoms with E-state index < -0.39 is 0 Å². The second-order valence-electron chi connectivity index (χ2n) is 3.98. The summed E-state index contributed by atoms with van der Waals surface area (Å²) >= 11 is 0. The number of methoxy groups -OCH3 is 1. The van der Waals surface area contributed by atoms with Crippen molar-refractivity contribution in [1.82, 2.24) is 0 Å². The zero-order chi connectivity index (χ0) is 11.7. The summed E-state index contributed by atoms with van der Waals surface area (Å²) < 4.78 is 9.97. The van der Waals surface area contributed by atoms with Gasteiger partial charge in [-0.05, 0) is 18.2 Å². The average molecular weight is 221 g/mol. The molecular formula is C12H15NO3. The standard InChI is InChI=1S/C12H15NO3/c1-13(2)10-5-4-8(12(14)15-3)6-9(10)11-7-16-11/h4-6,11H,7H2,1-3H3. The smallest absolute Gasteiger partial charge is 0.337 e. The molecule has 1 fully saturated rings. The molecule has 0 aliphatic carbocycles. The van der Waals surface area contributed by atoms with Crippen LogP contribution in [0.5, 0.6) is 0 Å². The van der Waals surface area contributed by atoms with Gasteiger partial charge in [0.05, 0.1) is 19.3 Å². The van der Waals surface area contributed by atoms with E-state index in [-0.39, 0.29) is 12.1 Å². The number of nitrogens with zero attached hydrogens (tertiary/aromatic N) is 1. The van der Waals surface area contributed by atoms with Crippen LogP contribution in [0.2, 0.25) is 0 Å². The largest absolute Gasteiger partial charge is 0.465 e. The Morgan fingerprint density at radius 1 is 1.50 bits per heavy atom. The molecule has 0 aromatic heterocycles. The van der Waals surface area contributed by atoms with Crippen LogP contribution in [0.15, 0.2) is 18.2 Å². The van der Waals surface area contributed by atoms with Gasteiger partial charge in [-0.1, -0.05) is 0 Å². The normalized spacial score (nSPS) is 18.1. The number of anilines is 1. The maximum absolute atomic E-state index is 11.4. The number of rotatable bonds is 3. The molecule has 1 heterocycles. The van der Waals surface area contributed by atoms with Gasteiger partial charge in [0.25, 0.3) is 0 Å². The van der Waals surface area contributed by atoms with Crippen LogP contribution >= 0.6 is 0 Å². The van der Waals surface area contributed by atoms with Crippen LogP contribution in [-0.4, -0.2) is 33.8 Å². The number of hydrogen-bond acceptors (Lipinski definition) is 4. The molecule has 1 unspecified atom stereocenters. The van der Waals surface area contributed by atoms with Crippen LogP contribution in [0.1, 0.15) is 22.0 Å². The Balaban J connectivity index is 2.39. The van der Waals surface area contributed by atoms with Crippen LogP contribution < -0.4 is 4.90 Å². The molecule has 0 saturated carbocycles. The minimum absolute atomic E-state index is 0.127. The predicted molar refractivity (Wildman–Crippen MR) is 60.8 cm³/mol. The molecule has 2 rings (SSSR count). The number of carbonyl (C=O) groups excluding carboxylic acids is 1. The van der Waals surface area contributed by atoms with Gasteiger partial charge in [0.15, 0.2) is 0 Å². The van der Waals surface area contributed by atoms with E-state index in [1.807, 2.05) is 31.1 Å². The summed E-state index contributed by atoms with van der Waals surface area (Å²) in [5.74, 6) is -0.313. The van der Waals surface area contributed by atoms with E-state index >= 15 is 0 Å². The van der Waals surface area contributed by atoms with Crippen molar-refractivity contribution in [2.45, 2.75) is 6.10 Å². The Morgan fingerprint density at radius 3 is 2.69 bits per heavy atom. The number of epoxide rings is 1. The molecule has 0 N–H and O–H groups in total. The van der Waals surface area contributed by atoms with E-state index in [1.165, 1.54) is 7.11 Å². The second-order valence-corrected chi connectivity index (χ2v) is 3.98. The maximum atomic E-state index is 11.4. The highest BCUT2D eigenvalue weighted by molar-refractivity contribution is 5.90. The zero-order valence-corrected chi connectivity index (χ0v) is 9.69. The number of hydrogen-bond donors (Lipinski definition) is 0. The fourth-order valence-electron chi connectivity index (χ4n) is 1.69. The lowest BCUT2D eigenvalue weighted by Crippen LogP contribution is -2.12. The summed E-state index contributed by atoms with van der Waals surface area (Å²) in [7, 11) is 5.33. The van der Waals surface area contributed by atoms with E-state index in [0.29, 0.717) is 5.56 Å². The van der Waals surface area contributed by atoms with Crippen LogP contribution in [0.25, 0.3) is 0 Å². The van der Waals surface area contributed by atoms with Gasteiger partial charge < -0.3 is 14.4 Å². The summed E-state index contributed by atoms with van der Waals surface area (Å²) in [5, 5.41) is 0. The van der Waals surface area contributed by atoms with Crippen molar-refractivity contribution in [3.63, 3.8) is 0 Å². The molecule has 1 aromatic carbocycles. The lowest BCUT2D eigenvalue weighted by molar-refractivity contribution is 0.0600. The third kappa shape index (κ3) is 2.02. The fourth-order valence-corrected chi connectivity index (χ4v) is 1.69. The van der Waals surface area contributed by atoms with E-state index in [1.54, 1.807) is 6.07 Å². The monoisotopic (exact) mass is 221 g/mol. The van der Waals surface area contributed by atoms with Gasteiger partial charge in [-0.25, -0.2) is 4.79 Å². The molecule has 0 spiro atoms. The molecule has 0 amide bonds. The lowest BCUT2D eigenvalue weighted by atomic mass is 10.1. The van der Waals surface area contributed by atoms with Gasteiger partial charge in [-0.3, -0.25) is 0 Å². The SMILES string of the molecule is COC(=O)c1ccc(N(C)C)c(C2CO2)c1. The van der Waals surface area contributed by atoms with Crippen molar-refractivity contribution in [3.05, 3.63) is 29.3 Å². The molecule has 0 radical (unpaired) electrons. The molecule has 86 valence electrons. The van der Waals surface area contributed by atoms with Crippen LogP contribution in [0, 0.1) is 0 Å². The lowest BCUT2D eigenvalue weighted by Gasteiger charge is -2.17. The Morgan fingerprint density at radius 2 is 2.19 bits per heavy atom. The van der Waals surface area contributed by atoms with Crippen molar-refractivity contribution < 1.29 is 14.3 Å². The van der Waals surface area contributed by atoms with Crippen molar-refractivity contribution in [3.8, 4) is 0 Å². The Labute approximate surface area is 94.8 Å². The van der Waals surface area contributed by atoms with Gasteiger partial charge in [-0.2, -0.15) is 0 Å². The summed E-state index contributed by atoms with van der Waals surface area (Å²) in [6.45, 7) is 0.728. The molecule has 1 atom stereocenters. The first-order chi connectivity index (χ1) is 7.63. The van der Waals surface area contributed by atoms with Crippen LogP contribution in [-0.2, 0) is 9.47 Å². The number of carbonyl (C=O) groups is 1. The number of ether oxygens (including phenoxy) is 2. The molecular weight excluding hydrogens is 206 g/mol. The van der Waals surface area contributed by atoms with E-state index in [4.69, 9.17) is 9.47 Å². The Kier molecular flexibility index (Phi) is 2.83. The molecule has 1 aromatic rings. The van der Waals surface area contributed by atoms with Crippen molar-refractivity contribution in [1.29, 1.82) is 0 Å². The first kappa shape index (κ1) is 11.0. The van der Waals surface area contributed by atoms with Gasteiger partial charge in [0.1, 0.15) is 6.10 Å². The van der Waals surface area contributed by atoms with E-state index in [9.17, 15) is 4.79 Å². The van der Waals surface area contributed by atoms with Crippen molar-refractivity contribution >= 4 is 11.7 Å². The van der Waals surface area contributed by atoms with Crippen LogP contribution in [0.3, 0.4) is 0 Å². The zero-order valence-electron chi connectivity index (χ0n) is 9.69. The van der Waals surface area contributed by atoms with E-state index in [0.717, 1.165) is 17.9 Å². The van der Waals surface area contributed by atoms with Crippen LogP contribution in [0.4, 0.5) is 5.69 Å². The van der Waals surface area contributed by atoms with Gasteiger partial charge in [0.2, 0.25) is 0 Å². The topological polar surface area (TPSA) is 42.1 Å². The summed E-state index contributed by atoms with van der Waals surface area (Å²) in [6, 6.07) is 5.54. The minimum Gasteiger partial charge on any atom is -0.465 e. The molecule has 0 bridgehead atoms.